The zero-order valence-corrected chi connectivity index (χ0v) is 17.7. The Balaban J connectivity index is 1.76. The molecule has 4 unspecified atom stereocenters. The highest BCUT2D eigenvalue weighted by Gasteiger charge is 2.40. The fraction of sp³-hybridized carbons (Fsp3) is 0.619. The Morgan fingerprint density at radius 1 is 1.32 bits per heavy atom. The molecule has 10 nitrogen and oxygen atoms in total. The average Bonchev–Trinajstić information content (AvgIpc) is 3.45. The monoisotopic (exact) mass is 434 g/mol. The number of nitrogens with zero attached hydrogens (tertiary/aromatic N) is 2. The van der Waals surface area contributed by atoms with Gasteiger partial charge in [-0.1, -0.05) is 6.92 Å². The van der Waals surface area contributed by atoms with E-state index >= 15 is 0 Å². The summed E-state index contributed by atoms with van der Waals surface area (Å²) < 4.78 is 7.16. The zero-order chi connectivity index (χ0) is 22.5. The summed E-state index contributed by atoms with van der Waals surface area (Å²) in [6.07, 6.45) is 5.13. The molecule has 0 saturated carbocycles. The van der Waals surface area contributed by atoms with E-state index in [2.05, 4.69) is 10.2 Å². The standard InChI is InChI=1S/C21H30N4O6/c1-13(4-5-17(22)27)19(25-9-6-14(10-25)21(29)30)20(28)23-18-15(26)12-31-16(18)11-24-7-2-3-8-24/h6,9-10,13,16,18-19H,2-5,7-8,11-12H2,1H3,(H2,22,27)(H,23,28)(H,29,30). The number of aromatic carboxylic acids is 1. The molecule has 31 heavy (non-hydrogen) atoms. The number of nitrogens with two attached hydrogens (primary N) is 1. The van der Waals surface area contributed by atoms with Crippen LogP contribution in [0.4, 0.5) is 0 Å². The maximum Gasteiger partial charge on any atom is 0.337 e. The quantitative estimate of drug-likeness (QED) is 0.476. The van der Waals surface area contributed by atoms with E-state index in [9.17, 15) is 24.3 Å². The van der Waals surface area contributed by atoms with E-state index in [1.807, 2.05) is 0 Å². The van der Waals surface area contributed by atoms with E-state index in [0.29, 0.717) is 13.0 Å². The summed E-state index contributed by atoms with van der Waals surface area (Å²) in [5.41, 5.74) is 5.30. The van der Waals surface area contributed by atoms with Crippen LogP contribution in [0.5, 0.6) is 0 Å². The van der Waals surface area contributed by atoms with Crippen LogP contribution >= 0.6 is 0 Å². The van der Waals surface area contributed by atoms with Crippen LogP contribution in [0.3, 0.4) is 0 Å². The first kappa shape index (κ1) is 23.0. The number of carboxylic acids is 1. The number of carbonyl (C=O) groups excluding carboxylic acids is 3. The Morgan fingerprint density at radius 3 is 2.65 bits per heavy atom. The predicted molar refractivity (Wildman–Crippen MR) is 110 cm³/mol. The average molecular weight is 434 g/mol. The highest BCUT2D eigenvalue weighted by Crippen LogP contribution is 2.25. The van der Waals surface area contributed by atoms with Gasteiger partial charge >= 0.3 is 5.97 Å². The molecule has 3 heterocycles. The minimum Gasteiger partial charge on any atom is -0.478 e. The fourth-order valence-electron chi connectivity index (χ4n) is 4.30. The van der Waals surface area contributed by atoms with E-state index in [4.69, 9.17) is 10.5 Å². The summed E-state index contributed by atoms with van der Waals surface area (Å²) in [6.45, 7) is 4.22. The van der Waals surface area contributed by atoms with Gasteiger partial charge in [0.25, 0.3) is 0 Å². The molecule has 0 aromatic carbocycles. The number of nitrogens with one attached hydrogen (secondary N) is 1. The highest BCUT2D eigenvalue weighted by atomic mass is 16.5. The summed E-state index contributed by atoms with van der Waals surface area (Å²) in [6, 6.07) is -0.148. The summed E-state index contributed by atoms with van der Waals surface area (Å²) in [5.74, 6) is -2.50. The number of rotatable bonds is 10. The van der Waals surface area contributed by atoms with Gasteiger partial charge in [-0.3, -0.25) is 14.4 Å². The van der Waals surface area contributed by atoms with Crippen molar-refractivity contribution in [2.45, 2.75) is 50.8 Å². The van der Waals surface area contributed by atoms with Gasteiger partial charge in [0, 0.05) is 25.4 Å². The third-order valence-electron chi connectivity index (χ3n) is 6.03. The first-order valence-electron chi connectivity index (χ1n) is 10.6. The van der Waals surface area contributed by atoms with Gasteiger partial charge in [0.2, 0.25) is 11.8 Å². The second-order valence-electron chi connectivity index (χ2n) is 8.39. The first-order valence-corrected chi connectivity index (χ1v) is 10.6. The summed E-state index contributed by atoms with van der Waals surface area (Å²) >= 11 is 0. The van der Waals surface area contributed by atoms with Crippen LogP contribution in [0.1, 0.15) is 49.0 Å². The van der Waals surface area contributed by atoms with E-state index < -0.39 is 36.0 Å². The van der Waals surface area contributed by atoms with Crippen molar-refractivity contribution in [3.05, 3.63) is 24.0 Å². The molecule has 0 bridgehead atoms. The van der Waals surface area contributed by atoms with Gasteiger partial charge in [0.15, 0.2) is 5.78 Å². The van der Waals surface area contributed by atoms with Gasteiger partial charge in [-0.2, -0.15) is 0 Å². The van der Waals surface area contributed by atoms with Crippen LogP contribution in [-0.2, 0) is 19.1 Å². The Morgan fingerprint density at radius 2 is 2.03 bits per heavy atom. The van der Waals surface area contributed by atoms with Crippen molar-refractivity contribution in [1.29, 1.82) is 0 Å². The van der Waals surface area contributed by atoms with Crippen molar-refractivity contribution < 1.29 is 29.0 Å². The predicted octanol–water partition coefficient (Wildman–Crippen LogP) is 0.178. The van der Waals surface area contributed by atoms with Gasteiger partial charge in [0.1, 0.15) is 18.7 Å². The fourth-order valence-corrected chi connectivity index (χ4v) is 4.30. The summed E-state index contributed by atoms with van der Waals surface area (Å²) in [5, 5.41) is 12.1. The van der Waals surface area contributed by atoms with Gasteiger partial charge < -0.3 is 30.4 Å². The molecule has 4 atom stereocenters. The minimum atomic E-state index is -1.10. The summed E-state index contributed by atoms with van der Waals surface area (Å²) in [4.78, 5) is 50.4. The van der Waals surface area contributed by atoms with Gasteiger partial charge in [-0.15, -0.1) is 0 Å². The number of primary amides is 1. The normalized spacial score (nSPS) is 23.6. The number of amides is 2. The Bertz CT molecular complexity index is 832. The Kier molecular flexibility index (Phi) is 7.45. The number of hydrogen-bond donors (Lipinski definition) is 3. The Hall–Kier alpha value is -2.72. The maximum atomic E-state index is 13.3. The molecule has 4 N–H and O–H groups in total. The molecule has 2 saturated heterocycles. The number of likely N-dealkylation sites (tertiary alicyclic amines) is 1. The number of ether oxygens (including phenoxy) is 1. The van der Waals surface area contributed by atoms with Crippen molar-refractivity contribution in [2.75, 3.05) is 26.2 Å². The minimum absolute atomic E-state index is 0.0436. The number of carboxylic acid groups (broad SMARTS) is 1. The molecule has 0 spiro atoms. The van der Waals surface area contributed by atoms with Crippen molar-refractivity contribution >= 4 is 23.6 Å². The highest BCUT2D eigenvalue weighted by molar-refractivity contribution is 5.93. The van der Waals surface area contributed by atoms with Crippen LogP contribution in [0.15, 0.2) is 18.5 Å². The molecular weight excluding hydrogens is 404 g/mol. The van der Waals surface area contributed by atoms with Crippen LogP contribution < -0.4 is 11.1 Å². The number of aromatic nitrogens is 1. The lowest BCUT2D eigenvalue weighted by atomic mass is 9.94. The molecule has 0 aliphatic carbocycles. The maximum absolute atomic E-state index is 13.3. The van der Waals surface area contributed by atoms with Gasteiger partial charge in [0.05, 0.1) is 11.7 Å². The number of hydrogen-bond acceptors (Lipinski definition) is 6. The van der Waals surface area contributed by atoms with Crippen LogP contribution in [0.25, 0.3) is 0 Å². The van der Waals surface area contributed by atoms with E-state index in [-0.39, 0.29) is 30.3 Å². The topological polar surface area (TPSA) is 144 Å². The van der Waals surface area contributed by atoms with Gasteiger partial charge in [-0.05, 0) is 44.3 Å². The van der Waals surface area contributed by atoms with Gasteiger partial charge in [-0.25, -0.2) is 4.79 Å². The smallest absolute Gasteiger partial charge is 0.337 e. The van der Waals surface area contributed by atoms with Crippen molar-refractivity contribution in [3.8, 4) is 0 Å². The van der Waals surface area contributed by atoms with E-state index in [1.165, 1.54) is 23.0 Å². The third kappa shape index (κ3) is 5.71. The van der Waals surface area contributed by atoms with Crippen molar-refractivity contribution in [2.24, 2.45) is 11.7 Å². The van der Waals surface area contributed by atoms with Crippen LogP contribution in [0, 0.1) is 5.92 Å². The van der Waals surface area contributed by atoms with E-state index in [0.717, 1.165) is 25.9 Å². The molecule has 2 fully saturated rings. The number of carbonyl (C=O) groups is 4. The molecule has 2 aliphatic heterocycles. The lowest BCUT2D eigenvalue weighted by molar-refractivity contribution is -0.130. The molecule has 1 aromatic rings. The van der Waals surface area contributed by atoms with Crippen molar-refractivity contribution in [1.82, 2.24) is 14.8 Å². The molecule has 1 aromatic heterocycles. The van der Waals surface area contributed by atoms with Crippen LogP contribution in [-0.4, -0.2) is 76.5 Å². The molecule has 10 heteroatoms. The zero-order valence-electron chi connectivity index (χ0n) is 17.7. The Labute approximate surface area is 180 Å². The largest absolute Gasteiger partial charge is 0.478 e. The van der Waals surface area contributed by atoms with Crippen LogP contribution in [0.2, 0.25) is 0 Å². The molecule has 2 amide bonds. The summed E-state index contributed by atoms with van der Waals surface area (Å²) in [7, 11) is 0. The molecule has 0 radical (unpaired) electrons. The lowest BCUT2D eigenvalue weighted by Gasteiger charge is -2.28. The number of ketones is 1. The van der Waals surface area contributed by atoms with Crippen molar-refractivity contribution in [3.63, 3.8) is 0 Å². The second-order valence-corrected chi connectivity index (χ2v) is 8.39. The molecule has 170 valence electrons. The lowest BCUT2D eigenvalue weighted by Crippen LogP contribution is -2.51. The number of Topliss-reactive ketones (excluding diaryl/α,β-unsaturated/α-hetero) is 1. The molecule has 3 rings (SSSR count). The first-order chi connectivity index (χ1) is 14.8. The third-order valence-corrected chi connectivity index (χ3v) is 6.03. The van der Waals surface area contributed by atoms with E-state index in [1.54, 1.807) is 6.92 Å². The SMILES string of the molecule is CC(CCC(N)=O)C(C(=O)NC1C(=O)COC1CN1CCCC1)n1ccc(C(=O)O)c1. The second kappa shape index (κ2) is 10.1. The molecule has 2 aliphatic rings. The molecular formula is C21H30N4O6.